The van der Waals surface area contributed by atoms with Gasteiger partial charge in [-0.15, -0.1) is 0 Å². The number of halogens is 2. The van der Waals surface area contributed by atoms with Crippen molar-refractivity contribution in [1.82, 2.24) is 4.90 Å². The molecule has 1 amide bonds. The van der Waals surface area contributed by atoms with E-state index in [-0.39, 0.29) is 17.0 Å². The lowest BCUT2D eigenvalue weighted by Gasteiger charge is -2.28. The van der Waals surface area contributed by atoms with Gasteiger partial charge in [-0.2, -0.15) is 0 Å². The summed E-state index contributed by atoms with van der Waals surface area (Å²) in [5.41, 5.74) is 0.306. The van der Waals surface area contributed by atoms with Gasteiger partial charge in [0.05, 0.1) is 5.02 Å². The van der Waals surface area contributed by atoms with Gasteiger partial charge in [0.25, 0.3) is 0 Å². The van der Waals surface area contributed by atoms with Crippen LogP contribution in [0.2, 0.25) is 5.02 Å². The molecular formula is C13H13ClFNO3. The summed E-state index contributed by atoms with van der Waals surface area (Å²) in [6, 6.07) is 2.54. The molecule has 6 heteroatoms. The third-order valence-corrected chi connectivity index (χ3v) is 3.37. The van der Waals surface area contributed by atoms with Gasteiger partial charge in [-0.3, -0.25) is 4.79 Å². The molecule has 102 valence electrons. The van der Waals surface area contributed by atoms with Crippen LogP contribution in [-0.2, 0) is 9.59 Å². The summed E-state index contributed by atoms with van der Waals surface area (Å²) in [7, 11) is 0. The SMILES string of the molecule is CC(=O)N(C1CC1)C(C(=O)O)c1ccc(F)c(Cl)c1. The van der Waals surface area contributed by atoms with E-state index in [1.807, 2.05) is 0 Å². The number of rotatable bonds is 4. The highest BCUT2D eigenvalue weighted by Crippen LogP contribution is 2.35. The standard InChI is InChI=1S/C13H13ClFNO3/c1-7(17)16(9-3-4-9)12(13(18)19)8-2-5-11(15)10(14)6-8/h2,5-6,9,12H,3-4H2,1H3,(H,18,19). The predicted molar refractivity (Wildman–Crippen MR) is 67.3 cm³/mol. The molecule has 0 aliphatic heterocycles. The summed E-state index contributed by atoms with van der Waals surface area (Å²) < 4.78 is 13.1. The second kappa shape index (κ2) is 5.17. The summed E-state index contributed by atoms with van der Waals surface area (Å²) >= 11 is 5.67. The molecule has 1 aromatic carbocycles. The Labute approximate surface area is 114 Å². The monoisotopic (exact) mass is 285 g/mol. The molecule has 1 aromatic rings. The van der Waals surface area contributed by atoms with Gasteiger partial charge >= 0.3 is 5.97 Å². The van der Waals surface area contributed by atoms with Crippen LogP contribution in [-0.4, -0.2) is 27.9 Å². The topological polar surface area (TPSA) is 57.6 Å². The number of hydrogen-bond acceptors (Lipinski definition) is 2. The molecule has 0 spiro atoms. The smallest absolute Gasteiger partial charge is 0.331 e. The zero-order valence-electron chi connectivity index (χ0n) is 10.3. The van der Waals surface area contributed by atoms with Crippen LogP contribution in [0.1, 0.15) is 31.4 Å². The van der Waals surface area contributed by atoms with Gasteiger partial charge in [0.1, 0.15) is 5.82 Å². The molecule has 0 radical (unpaired) electrons. The number of carbonyl (C=O) groups excluding carboxylic acids is 1. The number of benzene rings is 1. The highest BCUT2D eigenvalue weighted by molar-refractivity contribution is 6.30. The largest absolute Gasteiger partial charge is 0.479 e. The molecule has 2 rings (SSSR count). The van der Waals surface area contributed by atoms with Crippen molar-refractivity contribution in [2.24, 2.45) is 0 Å². The fourth-order valence-electron chi connectivity index (χ4n) is 2.11. The van der Waals surface area contributed by atoms with E-state index in [2.05, 4.69) is 0 Å². The molecular weight excluding hydrogens is 273 g/mol. The first-order valence-electron chi connectivity index (χ1n) is 5.88. The Kier molecular flexibility index (Phi) is 3.75. The van der Waals surface area contributed by atoms with E-state index in [0.29, 0.717) is 5.56 Å². The summed E-state index contributed by atoms with van der Waals surface area (Å²) in [5.74, 6) is -2.07. The van der Waals surface area contributed by atoms with Gasteiger partial charge in [-0.25, -0.2) is 9.18 Å². The number of carboxylic acid groups (broad SMARTS) is 1. The molecule has 1 N–H and O–H groups in total. The molecule has 0 heterocycles. The van der Waals surface area contributed by atoms with E-state index in [9.17, 15) is 19.1 Å². The highest BCUT2D eigenvalue weighted by atomic mass is 35.5. The van der Waals surface area contributed by atoms with E-state index in [1.54, 1.807) is 0 Å². The van der Waals surface area contributed by atoms with Gasteiger partial charge in [-0.05, 0) is 30.5 Å². The van der Waals surface area contributed by atoms with E-state index in [1.165, 1.54) is 24.0 Å². The average Bonchev–Trinajstić information content (AvgIpc) is 3.12. The molecule has 0 aromatic heterocycles. The van der Waals surface area contributed by atoms with Gasteiger partial charge in [0.2, 0.25) is 5.91 Å². The van der Waals surface area contributed by atoms with Crippen molar-refractivity contribution in [2.75, 3.05) is 0 Å². The molecule has 19 heavy (non-hydrogen) atoms. The average molecular weight is 286 g/mol. The molecule has 1 unspecified atom stereocenters. The zero-order chi connectivity index (χ0) is 14.2. The fourth-order valence-corrected chi connectivity index (χ4v) is 2.30. The van der Waals surface area contributed by atoms with Gasteiger partial charge in [-0.1, -0.05) is 17.7 Å². The van der Waals surface area contributed by atoms with Crippen molar-refractivity contribution in [3.8, 4) is 0 Å². The second-order valence-electron chi connectivity index (χ2n) is 4.57. The van der Waals surface area contributed by atoms with Gasteiger partial charge in [0, 0.05) is 13.0 Å². The molecule has 4 nitrogen and oxygen atoms in total. The maximum Gasteiger partial charge on any atom is 0.331 e. The van der Waals surface area contributed by atoms with Crippen LogP contribution in [0.25, 0.3) is 0 Å². The number of nitrogens with zero attached hydrogens (tertiary/aromatic N) is 1. The van der Waals surface area contributed by atoms with Crippen molar-refractivity contribution >= 4 is 23.5 Å². The summed E-state index contributed by atoms with van der Waals surface area (Å²) in [5, 5.41) is 9.20. The summed E-state index contributed by atoms with van der Waals surface area (Å²) in [6.45, 7) is 1.33. The van der Waals surface area contributed by atoms with Crippen molar-refractivity contribution in [3.63, 3.8) is 0 Å². The predicted octanol–water partition coefficient (Wildman–Crippen LogP) is 2.62. The number of aliphatic carboxylic acids is 1. The Morgan fingerprint density at radius 3 is 2.53 bits per heavy atom. The number of amides is 1. The first-order valence-corrected chi connectivity index (χ1v) is 6.26. The summed E-state index contributed by atoms with van der Waals surface area (Å²) in [4.78, 5) is 24.4. The first kappa shape index (κ1) is 13.8. The van der Waals surface area contributed by atoms with E-state index < -0.39 is 17.8 Å². The van der Waals surface area contributed by atoms with Crippen LogP contribution in [0, 0.1) is 5.82 Å². The molecule has 1 fully saturated rings. The normalized spacial score (nSPS) is 15.9. The number of carboxylic acids is 1. The molecule has 1 aliphatic carbocycles. The minimum absolute atomic E-state index is 0.0533. The van der Waals surface area contributed by atoms with Crippen molar-refractivity contribution in [3.05, 3.63) is 34.6 Å². The van der Waals surface area contributed by atoms with Crippen LogP contribution in [0.3, 0.4) is 0 Å². The molecule has 0 bridgehead atoms. The Morgan fingerprint density at radius 1 is 1.47 bits per heavy atom. The quantitative estimate of drug-likeness (QED) is 0.925. The first-order chi connectivity index (χ1) is 8.91. The molecule has 1 atom stereocenters. The Balaban J connectivity index is 2.41. The highest BCUT2D eigenvalue weighted by Gasteiger charge is 2.40. The number of hydrogen-bond donors (Lipinski definition) is 1. The fraction of sp³-hybridized carbons (Fsp3) is 0.385. The minimum atomic E-state index is -1.15. The van der Waals surface area contributed by atoms with Gasteiger partial charge in [0.15, 0.2) is 6.04 Å². The molecule has 1 saturated carbocycles. The lowest BCUT2D eigenvalue weighted by Crippen LogP contribution is -2.39. The van der Waals surface area contributed by atoms with E-state index in [4.69, 9.17) is 11.6 Å². The van der Waals surface area contributed by atoms with Crippen LogP contribution in [0.4, 0.5) is 4.39 Å². The maximum absolute atomic E-state index is 13.1. The molecule has 0 saturated heterocycles. The van der Waals surface area contributed by atoms with Crippen molar-refractivity contribution in [1.29, 1.82) is 0 Å². The summed E-state index contributed by atoms with van der Waals surface area (Å²) in [6.07, 6.45) is 1.58. The van der Waals surface area contributed by atoms with Crippen LogP contribution < -0.4 is 0 Å². The van der Waals surface area contributed by atoms with Crippen LogP contribution >= 0.6 is 11.6 Å². The lowest BCUT2D eigenvalue weighted by molar-refractivity contribution is -0.150. The van der Waals surface area contributed by atoms with Crippen LogP contribution in [0.15, 0.2) is 18.2 Å². The third kappa shape index (κ3) is 2.87. The lowest BCUT2D eigenvalue weighted by atomic mass is 10.0. The minimum Gasteiger partial charge on any atom is -0.479 e. The second-order valence-corrected chi connectivity index (χ2v) is 4.98. The number of carbonyl (C=O) groups is 2. The van der Waals surface area contributed by atoms with Crippen molar-refractivity contribution in [2.45, 2.75) is 31.8 Å². The zero-order valence-corrected chi connectivity index (χ0v) is 11.0. The Morgan fingerprint density at radius 2 is 2.11 bits per heavy atom. The van der Waals surface area contributed by atoms with E-state index >= 15 is 0 Å². The van der Waals surface area contributed by atoms with Crippen molar-refractivity contribution < 1.29 is 19.1 Å². The Bertz CT molecular complexity index is 531. The maximum atomic E-state index is 13.1. The third-order valence-electron chi connectivity index (χ3n) is 3.08. The van der Waals surface area contributed by atoms with Gasteiger partial charge < -0.3 is 10.0 Å². The Hall–Kier alpha value is -1.62. The molecule has 1 aliphatic rings. The van der Waals surface area contributed by atoms with E-state index in [0.717, 1.165) is 18.9 Å². The van der Waals surface area contributed by atoms with Crippen LogP contribution in [0.5, 0.6) is 0 Å².